The van der Waals surface area contributed by atoms with Gasteiger partial charge in [-0.25, -0.2) is 0 Å². The number of thiophene rings is 1. The van der Waals surface area contributed by atoms with Crippen molar-refractivity contribution >= 4 is 23.5 Å². The van der Waals surface area contributed by atoms with Crippen molar-refractivity contribution < 1.29 is 9.53 Å². The second kappa shape index (κ2) is 5.73. The number of hydrogen-bond acceptors (Lipinski definition) is 4. The van der Waals surface area contributed by atoms with Gasteiger partial charge < -0.3 is 10.5 Å². The average Bonchev–Trinajstić information content (AvgIpc) is 2.37. The number of nitrogen functional groups attached to an aromatic ring is 1. The highest BCUT2D eigenvalue weighted by Crippen LogP contribution is 2.15. The number of ether oxygens (including phenoxy) is 1. The fraction of sp³-hybridized carbons (Fsp3) is 0.286. The molecule has 0 aromatic carbocycles. The van der Waals surface area contributed by atoms with Crippen molar-refractivity contribution in [3.05, 3.63) is 16.3 Å². The Morgan fingerprint density at radius 2 is 2.27 bits per heavy atom. The summed E-state index contributed by atoms with van der Waals surface area (Å²) in [5.74, 6) is 0. The molecule has 0 fully saturated rings. The van der Waals surface area contributed by atoms with Gasteiger partial charge in [0.05, 0.1) is 7.11 Å². The van der Waals surface area contributed by atoms with E-state index in [-0.39, 0.29) is 0 Å². The van der Waals surface area contributed by atoms with E-state index in [1.54, 1.807) is 11.3 Å². The lowest BCUT2D eigenvalue weighted by Gasteiger charge is -1.81. The van der Waals surface area contributed by atoms with Gasteiger partial charge in [0, 0.05) is 10.6 Å². The van der Waals surface area contributed by atoms with Gasteiger partial charge in [0.15, 0.2) is 0 Å². The lowest BCUT2D eigenvalue weighted by Crippen LogP contribution is -1.79. The molecular weight excluding hydrogens is 162 g/mol. The third kappa shape index (κ3) is 4.38. The van der Waals surface area contributed by atoms with Crippen molar-refractivity contribution in [2.24, 2.45) is 0 Å². The molecule has 1 rings (SSSR count). The predicted octanol–water partition coefficient (Wildman–Crippen LogP) is 1.43. The van der Waals surface area contributed by atoms with Crippen molar-refractivity contribution in [2.75, 3.05) is 12.8 Å². The van der Waals surface area contributed by atoms with Crippen molar-refractivity contribution in [1.82, 2.24) is 0 Å². The smallest absolute Gasteiger partial charge is 0.292 e. The molecule has 2 N–H and O–H groups in total. The Balaban J connectivity index is 0.000000218. The lowest BCUT2D eigenvalue weighted by molar-refractivity contribution is -0.126. The Morgan fingerprint density at radius 3 is 2.36 bits per heavy atom. The van der Waals surface area contributed by atoms with Crippen LogP contribution in [0.1, 0.15) is 4.88 Å². The number of carbonyl (C=O) groups excluding carboxylic acids is 1. The summed E-state index contributed by atoms with van der Waals surface area (Å²) in [6, 6.07) is 1.92. The third-order valence-corrected chi connectivity index (χ3v) is 1.86. The average molecular weight is 173 g/mol. The van der Waals surface area contributed by atoms with Crippen LogP contribution in [0.5, 0.6) is 0 Å². The van der Waals surface area contributed by atoms with E-state index in [4.69, 9.17) is 10.5 Å². The summed E-state index contributed by atoms with van der Waals surface area (Å²) in [5, 5.41) is 1.99. The first kappa shape index (κ1) is 9.97. The fourth-order valence-corrected chi connectivity index (χ4v) is 1.02. The summed E-state index contributed by atoms with van der Waals surface area (Å²) in [7, 11) is 1.31. The van der Waals surface area contributed by atoms with Crippen LogP contribution in [0.3, 0.4) is 0 Å². The maximum absolute atomic E-state index is 8.95. The van der Waals surface area contributed by atoms with Gasteiger partial charge in [-0.15, -0.1) is 11.3 Å². The van der Waals surface area contributed by atoms with Crippen LogP contribution in [0.4, 0.5) is 5.69 Å². The van der Waals surface area contributed by atoms with E-state index in [9.17, 15) is 0 Å². The molecule has 1 aromatic rings. The van der Waals surface area contributed by atoms with Crippen LogP contribution in [0.15, 0.2) is 11.4 Å². The largest absolute Gasteiger partial charge is 0.471 e. The first-order valence-electron chi connectivity index (χ1n) is 2.98. The molecule has 11 heavy (non-hydrogen) atoms. The Hall–Kier alpha value is -1.03. The Labute approximate surface area is 69.8 Å². The van der Waals surface area contributed by atoms with Crippen molar-refractivity contribution in [3.63, 3.8) is 0 Å². The molecule has 0 atom stereocenters. The molecule has 0 aliphatic rings. The standard InChI is InChI=1S/C5H7NS.C2H4O2/c1-4-5(6)2-3-7-4;1-4-2-3/h2-3H,6H2,1H3;2H,1H3. The minimum absolute atomic E-state index is 0.375. The summed E-state index contributed by atoms with van der Waals surface area (Å²) in [5.41, 5.74) is 6.36. The number of hydrogen-bond donors (Lipinski definition) is 1. The summed E-state index contributed by atoms with van der Waals surface area (Å²) < 4.78 is 3.86. The Bertz CT molecular complexity index is 193. The van der Waals surface area contributed by atoms with Crippen molar-refractivity contribution in [3.8, 4) is 0 Å². The van der Waals surface area contributed by atoms with Gasteiger partial charge in [0.1, 0.15) is 0 Å². The number of methoxy groups -OCH3 is 1. The zero-order valence-electron chi connectivity index (χ0n) is 6.53. The van der Waals surface area contributed by atoms with Crippen molar-refractivity contribution in [1.29, 1.82) is 0 Å². The molecule has 0 amide bonds. The monoisotopic (exact) mass is 173 g/mol. The molecule has 62 valence electrons. The molecule has 3 nitrogen and oxygen atoms in total. The van der Waals surface area contributed by atoms with Crippen LogP contribution in [0.2, 0.25) is 0 Å². The van der Waals surface area contributed by atoms with Gasteiger partial charge in [-0.3, -0.25) is 4.79 Å². The Morgan fingerprint density at radius 1 is 1.73 bits per heavy atom. The second-order valence-electron chi connectivity index (χ2n) is 1.76. The predicted molar refractivity (Wildman–Crippen MR) is 46.5 cm³/mol. The number of carbonyl (C=O) groups is 1. The zero-order valence-corrected chi connectivity index (χ0v) is 7.35. The van der Waals surface area contributed by atoms with Crippen LogP contribution in [0, 0.1) is 6.92 Å². The molecule has 0 unspecified atom stereocenters. The lowest BCUT2D eigenvalue weighted by atomic mass is 10.4. The van der Waals surface area contributed by atoms with E-state index in [1.807, 2.05) is 18.4 Å². The molecule has 0 saturated heterocycles. The van der Waals surface area contributed by atoms with Gasteiger partial charge in [0.2, 0.25) is 0 Å². The van der Waals surface area contributed by atoms with Gasteiger partial charge in [0.25, 0.3) is 6.47 Å². The second-order valence-corrected chi connectivity index (χ2v) is 2.88. The van der Waals surface area contributed by atoms with E-state index < -0.39 is 0 Å². The molecular formula is C7H11NO2S. The summed E-state index contributed by atoms with van der Waals surface area (Å²) in [6.07, 6.45) is 0. The SMILES string of the molecule is COC=O.Cc1sccc1N. The first-order valence-corrected chi connectivity index (χ1v) is 3.86. The molecule has 1 aromatic heterocycles. The molecule has 0 aliphatic carbocycles. The van der Waals surface area contributed by atoms with Gasteiger partial charge in [-0.1, -0.05) is 0 Å². The van der Waals surface area contributed by atoms with Gasteiger partial charge >= 0.3 is 0 Å². The third-order valence-electron chi connectivity index (χ3n) is 0.995. The normalized spacial score (nSPS) is 7.82. The van der Waals surface area contributed by atoms with Crippen LogP contribution in [-0.2, 0) is 9.53 Å². The first-order chi connectivity index (χ1) is 5.22. The highest BCUT2D eigenvalue weighted by molar-refractivity contribution is 7.10. The summed E-state index contributed by atoms with van der Waals surface area (Å²) in [6.45, 7) is 2.39. The van der Waals surface area contributed by atoms with Crippen molar-refractivity contribution in [2.45, 2.75) is 6.92 Å². The molecule has 0 bridgehead atoms. The number of anilines is 1. The van der Waals surface area contributed by atoms with Crippen LogP contribution < -0.4 is 5.73 Å². The maximum atomic E-state index is 8.95. The molecule has 1 heterocycles. The summed E-state index contributed by atoms with van der Waals surface area (Å²) >= 11 is 1.68. The van der Waals surface area contributed by atoms with Crippen LogP contribution >= 0.6 is 11.3 Å². The molecule has 0 spiro atoms. The Kier molecular flexibility index (Phi) is 5.20. The number of nitrogens with two attached hydrogens (primary N) is 1. The van der Waals surface area contributed by atoms with E-state index in [0.717, 1.165) is 5.69 Å². The number of rotatable bonds is 1. The van der Waals surface area contributed by atoms with Crippen LogP contribution in [-0.4, -0.2) is 13.6 Å². The van der Waals surface area contributed by atoms with E-state index >= 15 is 0 Å². The molecule has 0 saturated carbocycles. The highest BCUT2D eigenvalue weighted by Gasteiger charge is 1.87. The molecule has 0 aliphatic heterocycles. The topological polar surface area (TPSA) is 52.3 Å². The summed E-state index contributed by atoms with van der Waals surface area (Å²) in [4.78, 5) is 10.2. The fourth-order valence-electron chi connectivity index (χ4n) is 0.395. The minimum Gasteiger partial charge on any atom is -0.471 e. The van der Waals surface area contributed by atoms with E-state index in [1.165, 1.54) is 12.0 Å². The quantitative estimate of drug-likeness (QED) is 0.653. The van der Waals surface area contributed by atoms with Crippen LogP contribution in [0.25, 0.3) is 0 Å². The van der Waals surface area contributed by atoms with E-state index in [2.05, 4.69) is 4.74 Å². The van der Waals surface area contributed by atoms with Gasteiger partial charge in [-0.05, 0) is 18.4 Å². The number of aryl methyl sites for hydroxylation is 1. The van der Waals surface area contributed by atoms with E-state index in [0.29, 0.717) is 6.47 Å². The molecule has 0 radical (unpaired) electrons. The van der Waals surface area contributed by atoms with Gasteiger partial charge in [-0.2, -0.15) is 0 Å². The minimum atomic E-state index is 0.375. The zero-order chi connectivity index (χ0) is 8.69. The maximum Gasteiger partial charge on any atom is 0.292 e. The molecule has 4 heteroatoms. The highest BCUT2D eigenvalue weighted by atomic mass is 32.1.